The monoisotopic (exact) mass is 342 g/mol. The number of quaternary nitrogens is 1. The molecule has 122 valence electrons. The lowest BCUT2D eigenvalue weighted by atomic mass is 10.3. The van der Waals surface area contributed by atoms with E-state index in [1.165, 1.54) is 24.6 Å². The minimum atomic E-state index is -0.0927. The van der Waals surface area contributed by atoms with E-state index in [0.29, 0.717) is 6.04 Å². The van der Waals surface area contributed by atoms with Gasteiger partial charge < -0.3 is 15.1 Å². The van der Waals surface area contributed by atoms with Crippen LogP contribution in [0.2, 0.25) is 0 Å². The number of likely N-dealkylation sites (N-methyl/N-ethyl adjacent to an activating group) is 1. The van der Waals surface area contributed by atoms with Crippen molar-refractivity contribution < 1.29 is 9.69 Å². The summed E-state index contributed by atoms with van der Waals surface area (Å²) >= 11 is 3.08. The summed E-state index contributed by atoms with van der Waals surface area (Å²) in [7, 11) is 0. The predicted molar refractivity (Wildman–Crippen MR) is 89.7 cm³/mol. The van der Waals surface area contributed by atoms with Crippen molar-refractivity contribution in [1.29, 1.82) is 0 Å². The van der Waals surface area contributed by atoms with Gasteiger partial charge in [0.2, 0.25) is 11.0 Å². The van der Waals surface area contributed by atoms with Crippen molar-refractivity contribution in [2.24, 2.45) is 0 Å². The SMILES string of the molecule is CC[NH+]1CCN(C(=O)[C@H](C)Sc2nnc(NC3CC3)s2)CC1. The first-order valence-corrected chi connectivity index (χ1v) is 9.74. The Morgan fingerprint density at radius 3 is 2.82 bits per heavy atom. The van der Waals surface area contributed by atoms with Crippen molar-refractivity contribution >= 4 is 34.1 Å². The molecule has 2 fully saturated rings. The number of nitrogens with one attached hydrogen (secondary N) is 2. The molecule has 1 aromatic heterocycles. The lowest BCUT2D eigenvalue weighted by Gasteiger charge is -2.32. The molecule has 2 heterocycles. The highest BCUT2D eigenvalue weighted by Crippen LogP contribution is 2.32. The van der Waals surface area contributed by atoms with Crippen LogP contribution in [0.4, 0.5) is 5.13 Å². The molecule has 8 heteroatoms. The van der Waals surface area contributed by atoms with Crippen molar-refractivity contribution in [3.8, 4) is 0 Å². The van der Waals surface area contributed by atoms with Crippen LogP contribution < -0.4 is 10.2 Å². The zero-order chi connectivity index (χ0) is 15.5. The maximum atomic E-state index is 12.5. The third kappa shape index (κ3) is 4.11. The largest absolute Gasteiger partial charge is 0.357 e. The first-order chi connectivity index (χ1) is 10.7. The van der Waals surface area contributed by atoms with Gasteiger partial charge in [-0.3, -0.25) is 4.79 Å². The molecule has 1 aliphatic carbocycles. The summed E-state index contributed by atoms with van der Waals surface area (Å²) < 4.78 is 0.877. The molecule has 22 heavy (non-hydrogen) atoms. The molecule has 3 rings (SSSR count). The summed E-state index contributed by atoms with van der Waals surface area (Å²) in [6.07, 6.45) is 2.45. The summed E-state index contributed by atoms with van der Waals surface area (Å²) in [5.41, 5.74) is 0. The molecule has 1 amide bonds. The van der Waals surface area contributed by atoms with Gasteiger partial charge in [-0.05, 0) is 26.7 Å². The highest BCUT2D eigenvalue weighted by molar-refractivity contribution is 8.02. The van der Waals surface area contributed by atoms with Crippen molar-refractivity contribution in [3.63, 3.8) is 0 Å². The Hall–Kier alpha value is -0.860. The Kier molecular flexibility index (Phi) is 5.20. The molecule has 6 nitrogen and oxygen atoms in total. The number of nitrogens with zero attached hydrogens (tertiary/aromatic N) is 3. The Morgan fingerprint density at radius 1 is 1.45 bits per heavy atom. The Bertz CT molecular complexity index is 511. The molecule has 1 aliphatic heterocycles. The maximum absolute atomic E-state index is 12.5. The summed E-state index contributed by atoms with van der Waals surface area (Å²) in [4.78, 5) is 16.1. The van der Waals surface area contributed by atoms with E-state index < -0.39 is 0 Å². The number of hydrogen-bond acceptors (Lipinski definition) is 6. The molecule has 1 atom stereocenters. The molecule has 1 saturated heterocycles. The standard InChI is InChI=1S/C14H23N5OS2/c1-3-18-6-8-19(9-7-18)12(20)10(2)21-14-17-16-13(22-14)15-11-4-5-11/h10-11H,3-9H2,1-2H3,(H,15,16)/p+1/t10-/m0/s1. The zero-order valence-electron chi connectivity index (χ0n) is 13.2. The van der Waals surface area contributed by atoms with Crippen LogP contribution in [0.5, 0.6) is 0 Å². The lowest BCUT2D eigenvalue weighted by Crippen LogP contribution is -3.14. The van der Waals surface area contributed by atoms with E-state index in [1.807, 2.05) is 11.8 Å². The minimum absolute atomic E-state index is 0.0927. The smallest absolute Gasteiger partial charge is 0.236 e. The third-order valence-corrected chi connectivity index (χ3v) is 6.25. The summed E-state index contributed by atoms with van der Waals surface area (Å²) in [5.74, 6) is 0.229. The van der Waals surface area contributed by atoms with E-state index in [2.05, 4.69) is 22.4 Å². The molecule has 0 bridgehead atoms. The predicted octanol–water partition coefficient (Wildman–Crippen LogP) is 0.340. The second-order valence-electron chi connectivity index (χ2n) is 5.98. The molecule has 0 radical (unpaired) electrons. The summed E-state index contributed by atoms with van der Waals surface area (Å²) in [6, 6.07) is 0.585. The van der Waals surface area contributed by atoms with E-state index in [9.17, 15) is 4.79 Å². The average Bonchev–Trinajstić information content (AvgIpc) is 3.25. The van der Waals surface area contributed by atoms with Crippen LogP contribution >= 0.6 is 23.1 Å². The quantitative estimate of drug-likeness (QED) is 0.730. The first-order valence-electron chi connectivity index (χ1n) is 8.04. The van der Waals surface area contributed by atoms with Crippen molar-refractivity contribution in [2.45, 2.75) is 42.3 Å². The minimum Gasteiger partial charge on any atom is -0.357 e. The normalized spacial score (nSPS) is 20.9. The molecule has 0 unspecified atom stereocenters. The van der Waals surface area contributed by atoms with E-state index in [1.54, 1.807) is 16.2 Å². The second kappa shape index (κ2) is 7.14. The molecule has 0 spiro atoms. The number of rotatable bonds is 6. The Labute approximate surface area is 139 Å². The third-order valence-electron chi connectivity index (χ3n) is 4.22. The number of amides is 1. The van der Waals surface area contributed by atoms with Gasteiger partial charge in [0.1, 0.15) is 0 Å². The van der Waals surface area contributed by atoms with E-state index in [4.69, 9.17) is 0 Å². The van der Waals surface area contributed by atoms with Gasteiger partial charge >= 0.3 is 0 Å². The number of thioether (sulfide) groups is 1. The number of carbonyl (C=O) groups is 1. The molecule has 2 N–H and O–H groups in total. The number of aromatic nitrogens is 2. The van der Waals surface area contributed by atoms with Crippen LogP contribution in [0.1, 0.15) is 26.7 Å². The fourth-order valence-electron chi connectivity index (χ4n) is 2.57. The fourth-order valence-corrected chi connectivity index (χ4v) is 4.63. The number of piperazine rings is 1. The topological polar surface area (TPSA) is 62.6 Å². The fraction of sp³-hybridized carbons (Fsp3) is 0.786. The van der Waals surface area contributed by atoms with Crippen molar-refractivity contribution in [3.05, 3.63) is 0 Å². The molecule has 1 saturated carbocycles. The molecule has 1 aromatic rings. The lowest BCUT2D eigenvalue weighted by molar-refractivity contribution is -0.902. The van der Waals surface area contributed by atoms with Gasteiger partial charge in [-0.1, -0.05) is 23.1 Å². The van der Waals surface area contributed by atoms with E-state index >= 15 is 0 Å². The number of carbonyl (C=O) groups excluding carboxylic acids is 1. The van der Waals surface area contributed by atoms with Gasteiger partial charge in [-0.15, -0.1) is 10.2 Å². The van der Waals surface area contributed by atoms with E-state index in [0.717, 1.165) is 42.2 Å². The van der Waals surface area contributed by atoms with Crippen molar-refractivity contribution in [2.75, 3.05) is 38.0 Å². The van der Waals surface area contributed by atoms with Gasteiger partial charge in [-0.25, -0.2) is 0 Å². The highest BCUT2D eigenvalue weighted by atomic mass is 32.2. The van der Waals surface area contributed by atoms with Crippen LogP contribution in [0.25, 0.3) is 0 Å². The zero-order valence-corrected chi connectivity index (χ0v) is 14.8. The molecular formula is C14H24N5OS2+. The van der Waals surface area contributed by atoms with E-state index in [-0.39, 0.29) is 11.2 Å². The van der Waals surface area contributed by atoms with Gasteiger partial charge in [0, 0.05) is 6.04 Å². The first kappa shape index (κ1) is 16.0. The summed E-state index contributed by atoms with van der Waals surface area (Å²) in [6.45, 7) is 9.19. The number of anilines is 1. The highest BCUT2D eigenvalue weighted by Gasteiger charge is 2.28. The Morgan fingerprint density at radius 2 is 2.18 bits per heavy atom. The van der Waals surface area contributed by atoms with Gasteiger partial charge in [0.15, 0.2) is 4.34 Å². The molecule has 2 aliphatic rings. The number of hydrogen-bond donors (Lipinski definition) is 2. The van der Waals surface area contributed by atoms with Crippen LogP contribution in [-0.2, 0) is 4.79 Å². The van der Waals surface area contributed by atoms with Crippen LogP contribution in [-0.4, -0.2) is 65.0 Å². The van der Waals surface area contributed by atoms with Crippen LogP contribution in [0.15, 0.2) is 4.34 Å². The van der Waals surface area contributed by atoms with Crippen LogP contribution in [0.3, 0.4) is 0 Å². The second-order valence-corrected chi connectivity index (χ2v) is 8.55. The van der Waals surface area contributed by atoms with Crippen molar-refractivity contribution in [1.82, 2.24) is 15.1 Å². The maximum Gasteiger partial charge on any atom is 0.236 e. The van der Waals surface area contributed by atoms with Gasteiger partial charge in [0.25, 0.3) is 0 Å². The Balaban J connectivity index is 1.49. The summed E-state index contributed by atoms with van der Waals surface area (Å²) in [5, 5.41) is 12.5. The molecular weight excluding hydrogens is 318 g/mol. The van der Waals surface area contributed by atoms with Gasteiger partial charge in [-0.2, -0.15) is 0 Å². The molecule has 0 aromatic carbocycles. The average molecular weight is 343 g/mol. The van der Waals surface area contributed by atoms with Crippen LogP contribution in [0, 0.1) is 0 Å². The van der Waals surface area contributed by atoms with Gasteiger partial charge in [0.05, 0.1) is 38.0 Å².